The zero-order chi connectivity index (χ0) is 29.0. The van der Waals surface area contributed by atoms with E-state index in [2.05, 4.69) is 10.1 Å². The van der Waals surface area contributed by atoms with Crippen molar-refractivity contribution in [3.8, 4) is 11.5 Å². The number of nitrogens with one attached hydrogen (secondary N) is 1. The lowest BCUT2D eigenvalue weighted by Gasteiger charge is -2.19. The molecule has 0 bridgehead atoms. The van der Waals surface area contributed by atoms with Gasteiger partial charge in [-0.1, -0.05) is 12.1 Å². The van der Waals surface area contributed by atoms with E-state index in [1.54, 1.807) is 42.6 Å². The lowest BCUT2D eigenvalue weighted by Crippen LogP contribution is -2.44. The van der Waals surface area contributed by atoms with Gasteiger partial charge in [0, 0.05) is 31.3 Å². The number of methoxy groups -OCH3 is 2. The predicted molar refractivity (Wildman–Crippen MR) is 140 cm³/mol. The molecular formula is C28H28F3N3O6. The molecule has 3 atom stereocenters. The number of aromatic nitrogens is 1. The third kappa shape index (κ3) is 6.45. The van der Waals surface area contributed by atoms with Gasteiger partial charge in [-0.3, -0.25) is 14.4 Å². The molecule has 12 heteroatoms. The van der Waals surface area contributed by atoms with Gasteiger partial charge < -0.3 is 29.0 Å². The molecule has 0 aliphatic carbocycles. The summed E-state index contributed by atoms with van der Waals surface area (Å²) in [6, 6.07) is 13.5. The van der Waals surface area contributed by atoms with Gasteiger partial charge in [-0.25, -0.2) is 0 Å². The van der Waals surface area contributed by atoms with Crippen molar-refractivity contribution in [2.45, 2.75) is 37.9 Å². The van der Waals surface area contributed by atoms with Crippen LogP contribution in [0.5, 0.6) is 11.5 Å². The highest BCUT2D eigenvalue weighted by atomic mass is 19.4. The number of anilines is 1. The highest BCUT2D eigenvalue weighted by Gasteiger charge is 2.43. The number of carbonyl (C=O) groups excluding carboxylic acids is 2. The monoisotopic (exact) mass is 559 g/mol. The predicted octanol–water partition coefficient (Wildman–Crippen LogP) is 3.72. The molecule has 1 fully saturated rings. The minimum Gasteiger partial charge on any atom is -0.497 e. The summed E-state index contributed by atoms with van der Waals surface area (Å²) in [6.07, 6.45) is -3.50. The first-order valence-corrected chi connectivity index (χ1v) is 12.3. The second-order valence-corrected chi connectivity index (χ2v) is 9.25. The van der Waals surface area contributed by atoms with E-state index in [-0.39, 0.29) is 36.0 Å². The van der Waals surface area contributed by atoms with Gasteiger partial charge in [0.25, 0.3) is 11.5 Å². The van der Waals surface area contributed by atoms with Gasteiger partial charge in [0.05, 0.1) is 19.8 Å². The Hall–Kier alpha value is -4.32. The molecule has 1 unspecified atom stereocenters. The molecule has 9 nitrogen and oxygen atoms in total. The number of halogens is 3. The number of pyridine rings is 1. The van der Waals surface area contributed by atoms with Crippen LogP contribution >= 0.6 is 0 Å². The largest absolute Gasteiger partial charge is 0.573 e. The standard InChI is InChI=1S/C28H28F3N3O6/c1-17(38-2)15-33-14-4-5-23(26(33)36)34-16-22(18-6-10-20(39-3)11-7-18)24(27(34)37)32-25(35)19-8-12-21(13-9-19)40-28(29,30)31/h4-14,17,22,24H,15-16H2,1-3H3,(H,32,35)/t17?,22-,24-/m0/s1. The minimum absolute atomic E-state index is 0.0323. The van der Waals surface area contributed by atoms with Gasteiger partial charge in [-0.2, -0.15) is 0 Å². The fourth-order valence-corrected chi connectivity index (χ4v) is 4.52. The Morgan fingerprint density at radius 2 is 1.68 bits per heavy atom. The number of benzene rings is 2. The summed E-state index contributed by atoms with van der Waals surface area (Å²) >= 11 is 0. The number of hydrogen-bond acceptors (Lipinski definition) is 6. The molecule has 3 aromatic rings. The number of hydrogen-bond donors (Lipinski definition) is 1. The number of nitrogens with zero attached hydrogens (tertiary/aromatic N) is 2. The molecule has 0 radical (unpaired) electrons. The molecule has 40 heavy (non-hydrogen) atoms. The van der Waals surface area contributed by atoms with Gasteiger partial charge in [0.15, 0.2) is 0 Å². The molecule has 0 spiro atoms. The SMILES string of the molecule is COc1ccc([C@@H]2CN(c3cccn(CC(C)OC)c3=O)C(=O)[C@H]2NC(=O)c2ccc(OC(F)(F)F)cc2)cc1. The molecule has 2 amide bonds. The van der Waals surface area contributed by atoms with Crippen LogP contribution in [0.4, 0.5) is 18.9 Å². The van der Waals surface area contributed by atoms with E-state index < -0.39 is 35.9 Å². The normalized spacial score (nSPS) is 17.9. The summed E-state index contributed by atoms with van der Waals surface area (Å²) in [4.78, 5) is 41.4. The fourth-order valence-electron chi connectivity index (χ4n) is 4.52. The van der Waals surface area contributed by atoms with Crippen molar-refractivity contribution in [2.75, 3.05) is 25.7 Å². The van der Waals surface area contributed by atoms with Crippen molar-refractivity contribution in [1.82, 2.24) is 9.88 Å². The lowest BCUT2D eigenvalue weighted by atomic mass is 9.93. The maximum atomic E-state index is 13.7. The van der Waals surface area contributed by atoms with Crippen LogP contribution in [0.2, 0.25) is 0 Å². The second kappa shape index (κ2) is 11.8. The fraction of sp³-hybridized carbons (Fsp3) is 0.321. The third-order valence-corrected chi connectivity index (χ3v) is 6.64. The lowest BCUT2D eigenvalue weighted by molar-refractivity contribution is -0.274. The van der Waals surface area contributed by atoms with Crippen LogP contribution in [-0.4, -0.2) is 55.7 Å². The Morgan fingerprint density at radius 1 is 1.02 bits per heavy atom. The molecule has 1 N–H and O–H groups in total. The first-order chi connectivity index (χ1) is 19.0. The summed E-state index contributed by atoms with van der Waals surface area (Å²) in [6.45, 7) is 2.20. The second-order valence-electron chi connectivity index (χ2n) is 9.25. The third-order valence-electron chi connectivity index (χ3n) is 6.64. The Morgan fingerprint density at radius 3 is 2.27 bits per heavy atom. The Bertz CT molecular complexity index is 1410. The van der Waals surface area contributed by atoms with Crippen molar-refractivity contribution < 1.29 is 37.0 Å². The molecule has 0 saturated carbocycles. The molecular weight excluding hydrogens is 531 g/mol. The van der Waals surface area contributed by atoms with Crippen LogP contribution < -0.4 is 25.2 Å². The molecule has 212 valence electrons. The summed E-state index contributed by atoms with van der Waals surface area (Å²) in [7, 11) is 3.06. The van der Waals surface area contributed by atoms with Crippen molar-refractivity contribution in [2.24, 2.45) is 0 Å². The Balaban J connectivity index is 1.64. The van der Waals surface area contributed by atoms with E-state index >= 15 is 0 Å². The number of alkyl halides is 3. The molecule has 1 saturated heterocycles. The topological polar surface area (TPSA) is 99.1 Å². The van der Waals surface area contributed by atoms with Crippen LogP contribution in [0, 0.1) is 0 Å². The van der Waals surface area contributed by atoms with Crippen LogP contribution in [-0.2, 0) is 16.1 Å². The average Bonchev–Trinajstić information content (AvgIpc) is 3.24. The molecule has 2 heterocycles. The highest BCUT2D eigenvalue weighted by Crippen LogP contribution is 2.32. The Labute approximate surface area is 228 Å². The van der Waals surface area contributed by atoms with Gasteiger partial charge in [0.1, 0.15) is 23.2 Å². The molecule has 1 aliphatic heterocycles. The maximum Gasteiger partial charge on any atom is 0.573 e. The maximum absolute atomic E-state index is 13.7. The number of rotatable bonds is 9. The van der Waals surface area contributed by atoms with Gasteiger partial charge in [-0.05, 0) is 61.0 Å². The summed E-state index contributed by atoms with van der Waals surface area (Å²) in [5.74, 6) is -1.59. The number of carbonyl (C=O) groups is 2. The Kier molecular flexibility index (Phi) is 8.48. The van der Waals surface area contributed by atoms with E-state index in [1.165, 1.54) is 35.8 Å². The van der Waals surface area contributed by atoms with Crippen molar-refractivity contribution in [3.63, 3.8) is 0 Å². The van der Waals surface area contributed by atoms with Gasteiger partial charge in [0.2, 0.25) is 5.91 Å². The van der Waals surface area contributed by atoms with Crippen LogP contribution in [0.15, 0.2) is 71.7 Å². The van der Waals surface area contributed by atoms with Crippen LogP contribution in [0.3, 0.4) is 0 Å². The summed E-state index contributed by atoms with van der Waals surface area (Å²) in [5, 5.41) is 2.71. The first kappa shape index (κ1) is 28.7. The smallest absolute Gasteiger partial charge is 0.497 e. The van der Waals surface area contributed by atoms with E-state index in [4.69, 9.17) is 9.47 Å². The molecule has 1 aliphatic rings. The average molecular weight is 560 g/mol. The number of ether oxygens (including phenoxy) is 3. The van der Waals surface area contributed by atoms with E-state index in [9.17, 15) is 27.6 Å². The molecule has 4 rings (SSSR count). The van der Waals surface area contributed by atoms with Crippen molar-refractivity contribution in [3.05, 3.63) is 88.3 Å². The van der Waals surface area contributed by atoms with Crippen molar-refractivity contribution in [1.29, 1.82) is 0 Å². The molecule has 1 aromatic heterocycles. The van der Waals surface area contributed by atoms with Crippen LogP contribution in [0.25, 0.3) is 0 Å². The van der Waals surface area contributed by atoms with E-state index in [0.717, 1.165) is 17.7 Å². The summed E-state index contributed by atoms with van der Waals surface area (Å²) in [5.41, 5.74) is 0.519. The van der Waals surface area contributed by atoms with Crippen molar-refractivity contribution >= 4 is 17.5 Å². The first-order valence-electron chi connectivity index (χ1n) is 12.3. The highest BCUT2D eigenvalue weighted by molar-refractivity contribution is 6.05. The summed E-state index contributed by atoms with van der Waals surface area (Å²) < 4.78 is 53.3. The zero-order valence-corrected chi connectivity index (χ0v) is 22.0. The minimum atomic E-state index is -4.87. The van der Waals surface area contributed by atoms with Gasteiger partial charge >= 0.3 is 6.36 Å². The van der Waals surface area contributed by atoms with E-state index in [1.807, 2.05) is 6.92 Å². The zero-order valence-electron chi connectivity index (χ0n) is 22.0. The number of amides is 2. The quantitative estimate of drug-likeness (QED) is 0.429. The molecule has 2 aromatic carbocycles. The van der Waals surface area contributed by atoms with Crippen LogP contribution in [0.1, 0.15) is 28.8 Å². The van der Waals surface area contributed by atoms with Gasteiger partial charge in [-0.15, -0.1) is 13.2 Å². The van der Waals surface area contributed by atoms with E-state index in [0.29, 0.717) is 5.75 Å².